The number of aliphatic carboxylic acids is 1. The van der Waals surface area contributed by atoms with Crippen molar-refractivity contribution in [3.05, 3.63) is 233 Å². The summed E-state index contributed by atoms with van der Waals surface area (Å²) in [5.74, 6) is -18.0. The number of fused-ring (bicyclic) bond motifs is 1. The SMILES string of the molecule is CCCC[C@H]1C(=O)N(C)CC(=O)N[C@@H](CC(=O)O)C(=O)N[C@@H](C(C)C)C(=O)N[C@@H](Cc2ccccc2)C(=O)N[C@@H](Cc2ccc(O)cc2)C(=O)N(C)CC(=O)N[C@@H](Cc2c[nH]c3ccccc23)C(=O)N[C@@H](Cc2ccc(O)cc2)C(=O)N[C@@H](Cc2ccc(O)cc2)C(=O)N[C@H](C(=O)NCC(N)=O)CSCC(=O)N[C@@H](Cc2ccccc2)C(=O)N(C)[C@@H](Cc2ccccc2)C(=O)N1C. The summed E-state index contributed by atoms with van der Waals surface area (Å²) >= 11 is 0.792. The van der Waals surface area contributed by atoms with E-state index in [1.54, 1.807) is 121 Å². The van der Waals surface area contributed by atoms with Crippen LogP contribution in [-0.4, -0.2) is 265 Å². The lowest BCUT2D eigenvalue weighted by atomic mass is 9.99. The molecule has 700 valence electrons. The Labute approximate surface area is 767 Å². The van der Waals surface area contributed by atoms with Gasteiger partial charge in [-0.2, -0.15) is 0 Å². The van der Waals surface area contributed by atoms with Gasteiger partial charge in [-0.15, -0.1) is 11.8 Å². The number of carboxylic acid groups (broad SMARTS) is 1. The fraction of sp³-hybridized carbons (Fsp3) is 0.368. The Bertz CT molecular complexity index is 5370. The van der Waals surface area contributed by atoms with Gasteiger partial charge >= 0.3 is 5.97 Å². The molecule has 0 unspecified atom stereocenters. The second-order valence-electron chi connectivity index (χ2n) is 32.9. The van der Waals surface area contributed by atoms with E-state index in [-0.39, 0.29) is 68.6 Å². The van der Waals surface area contributed by atoms with Gasteiger partial charge in [0.2, 0.25) is 88.6 Å². The molecule has 1 aliphatic rings. The predicted octanol–water partition coefficient (Wildman–Crippen LogP) is 1.89. The number of amides is 15. The fourth-order valence-electron chi connectivity index (χ4n) is 15.1. The second kappa shape index (κ2) is 49.2. The molecule has 1 fully saturated rings. The topological polar surface area (TPSA) is 529 Å². The van der Waals surface area contributed by atoms with Gasteiger partial charge < -0.3 is 104 Å². The third kappa shape index (κ3) is 30.5. The van der Waals surface area contributed by atoms with E-state index >= 15 is 33.6 Å². The molecule has 15 amide bonds. The Hall–Kier alpha value is -14.7. The second-order valence-corrected chi connectivity index (χ2v) is 33.9. The van der Waals surface area contributed by atoms with Crippen molar-refractivity contribution in [2.75, 3.05) is 59.3 Å². The summed E-state index contributed by atoms with van der Waals surface area (Å²) in [6.45, 7) is 2.54. The molecule has 36 nitrogen and oxygen atoms in total. The zero-order valence-corrected chi connectivity index (χ0v) is 75.1. The van der Waals surface area contributed by atoms with Crippen LogP contribution in [-0.2, 0) is 122 Å². The first-order valence-corrected chi connectivity index (χ1v) is 44.3. The van der Waals surface area contributed by atoms with E-state index < -0.39 is 205 Å². The third-order valence-corrected chi connectivity index (χ3v) is 23.3. The number of nitrogens with two attached hydrogens (primary N) is 1. The molecule has 0 bridgehead atoms. The minimum atomic E-state index is -1.92. The number of phenols is 3. The first-order valence-electron chi connectivity index (χ1n) is 43.1. The van der Waals surface area contributed by atoms with Gasteiger partial charge in [0.15, 0.2) is 0 Å². The van der Waals surface area contributed by atoms with E-state index in [1.807, 2.05) is 6.92 Å². The minimum absolute atomic E-state index is 0.0175. The standard InChI is InChI=1S/C95H114N16O20S/c1-8-9-29-77-94(130)109(5)53-81(117)100-73(49-83(119)120)90(126)107-84(56(2)3)91(127)104-71(42-57-21-13-10-14-22-57)87(123)105-74(46-62-34-40-66(114)41-35-62)92(128)108(4)52-80(116)99-72(48-63-50-97-68-28-20-19-27-67(63)68)89(125)103-69(43-60-30-36-64(112)37-31-60)86(122)102-70(44-61-32-38-65(113)39-33-61)88(124)106-76(85(121)98-51-79(96)115)54-132-55-82(118)101-75(45-58-23-15-11-16-24-58)93(129)111(7)78(95(131)110(77)6)47-59-25-17-12-18-26-59/h10-28,30-41,50,56,69-78,84,97,112-114H,8-9,29,42-49,51-55H2,1-7H3,(H2,96,115)(H,98,121)(H,99,116)(H,100,117)(H,101,118)(H,102,122)(H,103,125)(H,104,127)(H,105,123)(H,106,124)(H,107,126)(H,119,120)/t69-,70-,71-,72-,73-,74-,75-,76-,77-,78-,84-/m0/s1. The smallest absolute Gasteiger partial charge is 0.305 e. The number of aromatic hydroxyl groups is 3. The lowest BCUT2D eigenvalue weighted by molar-refractivity contribution is -0.151. The van der Waals surface area contributed by atoms with Gasteiger partial charge in [0.1, 0.15) is 83.7 Å². The molecule has 2 heterocycles. The molecule has 1 aliphatic heterocycles. The third-order valence-electron chi connectivity index (χ3n) is 22.3. The summed E-state index contributed by atoms with van der Waals surface area (Å²) in [4.78, 5) is 242. The number of H-pyrrole nitrogens is 1. The van der Waals surface area contributed by atoms with Gasteiger partial charge in [-0.05, 0) is 93.7 Å². The fourth-order valence-corrected chi connectivity index (χ4v) is 15.9. The van der Waals surface area contributed by atoms with Crippen molar-refractivity contribution < 1.29 is 97.1 Å². The lowest BCUT2D eigenvalue weighted by Crippen LogP contribution is -2.61. The van der Waals surface area contributed by atoms with Crippen LogP contribution >= 0.6 is 11.8 Å². The first-order chi connectivity index (χ1) is 63.0. The van der Waals surface area contributed by atoms with E-state index in [1.165, 1.54) is 115 Å². The van der Waals surface area contributed by atoms with Gasteiger partial charge in [-0.1, -0.05) is 179 Å². The van der Waals surface area contributed by atoms with Crippen LogP contribution in [0.4, 0.5) is 0 Å². The number of aromatic nitrogens is 1. The Morgan fingerprint density at radius 1 is 0.432 bits per heavy atom. The number of nitrogens with zero attached hydrogens (tertiary/aromatic N) is 4. The maximum Gasteiger partial charge on any atom is 0.305 e. The number of carbonyl (C=O) groups excluding carboxylic acids is 15. The first kappa shape index (κ1) is 101. The van der Waals surface area contributed by atoms with Crippen LogP contribution < -0.4 is 58.9 Å². The summed E-state index contributed by atoms with van der Waals surface area (Å²) in [5, 5.41) is 68.4. The normalized spacial score (nSPS) is 21.5. The van der Waals surface area contributed by atoms with Gasteiger partial charge in [0.25, 0.3) is 0 Å². The Balaban J connectivity index is 1.12. The number of aromatic amines is 1. The van der Waals surface area contributed by atoms with Crippen LogP contribution in [0.3, 0.4) is 0 Å². The highest BCUT2D eigenvalue weighted by Gasteiger charge is 2.42. The number of unbranched alkanes of at least 4 members (excludes halogenated alkanes) is 1. The highest BCUT2D eigenvalue weighted by molar-refractivity contribution is 8.00. The molecule has 0 radical (unpaired) electrons. The van der Waals surface area contributed by atoms with Gasteiger partial charge in [0.05, 0.1) is 31.8 Å². The molecular formula is C95H114N16O20S. The van der Waals surface area contributed by atoms with Crippen molar-refractivity contribution in [3.63, 3.8) is 0 Å². The number of hydrogen-bond donors (Lipinski definition) is 16. The molecule has 0 spiro atoms. The van der Waals surface area contributed by atoms with Crippen LogP contribution in [0.1, 0.15) is 85.4 Å². The van der Waals surface area contributed by atoms with E-state index in [0.29, 0.717) is 62.7 Å². The highest BCUT2D eigenvalue weighted by atomic mass is 32.2. The van der Waals surface area contributed by atoms with Gasteiger partial charge in [0, 0.05) is 96.0 Å². The van der Waals surface area contributed by atoms with E-state index in [9.17, 15) is 63.6 Å². The van der Waals surface area contributed by atoms with Crippen LogP contribution in [0.15, 0.2) is 194 Å². The van der Waals surface area contributed by atoms with Crippen molar-refractivity contribution in [1.29, 1.82) is 0 Å². The molecule has 0 aliphatic carbocycles. The summed E-state index contributed by atoms with van der Waals surface area (Å²) in [5.41, 5.74) is 9.31. The number of benzene rings is 7. The summed E-state index contributed by atoms with van der Waals surface area (Å²) in [6.07, 6.45) is -0.437. The predicted molar refractivity (Wildman–Crippen MR) is 490 cm³/mol. The van der Waals surface area contributed by atoms with Crippen LogP contribution in [0.5, 0.6) is 17.2 Å². The van der Waals surface area contributed by atoms with Crippen LogP contribution in [0, 0.1) is 5.92 Å². The molecule has 7 aromatic carbocycles. The quantitative estimate of drug-likeness (QED) is 0.0435. The monoisotopic (exact) mass is 1830 g/mol. The van der Waals surface area contributed by atoms with E-state index in [2.05, 4.69) is 58.2 Å². The summed E-state index contributed by atoms with van der Waals surface area (Å²) in [6, 6.07) is 31.8. The minimum Gasteiger partial charge on any atom is -0.508 e. The number of hydrogen-bond acceptors (Lipinski definition) is 20. The zero-order chi connectivity index (χ0) is 95.8. The number of primary amides is 1. The highest BCUT2D eigenvalue weighted by Crippen LogP contribution is 2.24. The van der Waals surface area contributed by atoms with Crippen LogP contribution in [0.25, 0.3) is 10.9 Å². The van der Waals surface area contributed by atoms with Crippen molar-refractivity contribution in [3.8, 4) is 17.2 Å². The Morgan fingerprint density at radius 3 is 1.30 bits per heavy atom. The number of carboxylic acids is 1. The molecule has 1 saturated heterocycles. The Morgan fingerprint density at radius 2 is 0.826 bits per heavy atom. The molecule has 11 atom stereocenters. The van der Waals surface area contributed by atoms with E-state index in [0.717, 1.165) is 31.4 Å². The number of likely N-dealkylation sites (N-methyl/N-ethyl adjacent to an activating group) is 4. The lowest BCUT2D eigenvalue weighted by Gasteiger charge is -2.37. The number of rotatable bonds is 23. The maximum absolute atomic E-state index is 15.5. The number of nitrogens with one attached hydrogen (secondary N) is 11. The molecule has 1 aromatic heterocycles. The van der Waals surface area contributed by atoms with Crippen LogP contribution in [0.2, 0.25) is 0 Å². The van der Waals surface area contributed by atoms with E-state index in [4.69, 9.17) is 5.73 Å². The molecule has 9 rings (SSSR count). The molecular weight excluding hydrogens is 1720 g/mol. The number of para-hydroxylation sites is 1. The average Bonchev–Trinajstić information content (AvgIpc) is 1.60. The van der Waals surface area contributed by atoms with Crippen molar-refractivity contribution in [2.24, 2.45) is 11.7 Å². The molecule has 8 aromatic rings. The number of thioether (sulfide) groups is 1. The van der Waals surface area contributed by atoms with Gasteiger partial charge in [-0.3, -0.25) is 76.7 Å². The van der Waals surface area contributed by atoms with Crippen molar-refractivity contribution >= 4 is 117 Å². The average molecular weight is 1830 g/mol. The summed E-state index contributed by atoms with van der Waals surface area (Å²) < 4.78 is 0. The maximum atomic E-state index is 15.5. The largest absolute Gasteiger partial charge is 0.508 e. The number of carbonyl (C=O) groups is 16. The van der Waals surface area contributed by atoms with Crippen molar-refractivity contribution in [1.82, 2.24) is 77.8 Å². The number of phenolic OH excluding ortho intramolecular Hbond substituents is 3. The molecule has 17 N–H and O–H groups in total. The zero-order valence-electron chi connectivity index (χ0n) is 74.3. The van der Waals surface area contributed by atoms with Gasteiger partial charge in [-0.25, -0.2) is 0 Å². The van der Waals surface area contributed by atoms with Crippen molar-refractivity contribution in [2.45, 2.75) is 158 Å². The summed E-state index contributed by atoms with van der Waals surface area (Å²) in [7, 11) is 5.20. The molecule has 0 saturated carbocycles. The Kier molecular flexibility index (Phi) is 37.7. The molecule has 132 heavy (non-hydrogen) atoms. The molecule has 37 heteroatoms.